The van der Waals surface area contributed by atoms with E-state index in [1.54, 1.807) is 13.0 Å². The summed E-state index contributed by atoms with van der Waals surface area (Å²) in [5.74, 6) is 0.710. The molecular formula is C15H23Cl2NO2. The largest absolute Gasteiger partial charge is 0.492 e. The highest BCUT2D eigenvalue weighted by atomic mass is 35.5. The minimum Gasteiger partial charge on any atom is -0.492 e. The Morgan fingerprint density at radius 3 is 2.50 bits per heavy atom. The highest BCUT2D eigenvalue weighted by Gasteiger charge is 2.20. The van der Waals surface area contributed by atoms with Gasteiger partial charge in [0.05, 0.1) is 17.7 Å². The molecule has 0 saturated heterocycles. The van der Waals surface area contributed by atoms with Gasteiger partial charge in [0.25, 0.3) is 0 Å². The Bertz CT molecular complexity index is 438. The topological polar surface area (TPSA) is 55.5 Å². The number of hydrogen-bond acceptors (Lipinski definition) is 3. The zero-order valence-electron chi connectivity index (χ0n) is 12.2. The maximum atomic E-state index is 9.93. The predicted molar refractivity (Wildman–Crippen MR) is 84.9 cm³/mol. The van der Waals surface area contributed by atoms with Crippen LogP contribution in [0.25, 0.3) is 0 Å². The smallest absolute Gasteiger partial charge is 0.141 e. The number of ether oxygens (including phenoxy) is 1. The van der Waals surface area contributed by atoms with Crippen LogP contribution in [-0.4, -0.2) is 23.9 Å². The van der Waals surface area contributed by atoms with Crippen LogP contribution in [0, 0.1) is 0 Å². The summed E-state index contributed by atoms with van der Waals surface area (Å²) in [4.78, 5) is 0. The van der Waals surface area contributed by atoms with Gasteiger partial charge in [0, 0.05) is 16.6 Å². The second-order valence-electron chi connectivity index (χ2n) is 5.22. The first-order valence-corrected chi connectivity index (χ1v) is 7.67. The third kappa shape index (κ3) is 4.81. The van der Waals surface area contributed by atoms with Crippen molar-refractivity contribution in [3.8, 4) is 5.75 Å². The van der Waals surface area contributed by atoms with Gasteiger partial charge < -0.3 is 15.6 Å². The molecule has 0 aliphatic rings. The van der Waals surface area contributed by atoms with Crippen molar-refractivity contribution < 1.29 is 9.84 Å². The zero-order chi connectivity index (χ0) is 15.3. The summed E-state index contributed by atoms with van der Waals surface area (Å²) in [6.45, 7) is 6.42. The number of benzene rings is 1. The van der Waals surface area contributed by atoms with Crippen molar-refractivity contribution in [2.45, 2.75) is 51.7 Å². The molecule has 20 heavy (non-hydrogen) atoms. The molecule has 1 rings (SSSR count). The summed E-state index contributed by atoms with van der Waals surface area (Å²) in [6, 6.07) is 3.25. The molecule has 5 heteroatoms. The first-order chi connectivity index (χ1) is 9.36. The van der Waals surface area contributed by atoms with Gasteiger partial charge in [0.2, 0.25) is 0 Å². The Balaban J connectivity index is 3.01. The lowest BCUT2D eigenvalue weighted by molar-refractivity contribution is 0.134. The number of aliphatic hydroxyl groups is 1. The lowest BCUT2D eigenvalue weighted by atomic mass is 9.92. The van der Waals surface area contributed by atoms with Gasteiger partial charge in [-0.05, 0) is 37.8 Å². The molecule has 3 nitrogen and oxygen atoms in total. The number of hydrogen-bond donors (Lipinski definition) is 2. The highest BCUT2D eigenvalue weighted by Crippen LogP contribution is 2.38. The van der Waals surface area contributed by atoms with E-state index in [2.05, 4.69) is 0 Å². The first-order valence-electron chi connectivity index (χ1n) is 6.92. The molecule has 3 unspecified atom stereocenters. The number of nitrogens with two attached hydrogens (primary N) is 1. The van der Waals surface area contributed by atoms with Gasteiger partial charge in [0.1, 0.15) is 5.75 Å². The van der Waals surface area contributed by atoms with Crippen LogP contribution in [0.15, 0.2) is 12.1 Å². The van der Waals surface area contributed by atoms with Gasteiger partial charge in [-0.15, -0.1) is 0 Å². The van der Waals surface area contributed by atoms with Gasteiger partial charge in [0.15, 0.2) is 0 Å². The van der Waals surface area contributed by atoms with E-state index >= 15 is 0 Å². The maximum Gasteiger partial charge on any atom is 0.141 e. The van der Waals surface area contributed by atoms with Crippen LogP contribution in [0.2, 0.25) is 10.0 Å². The average molecular weight is 320 g/mol. The molecule has 114 valence electrons. The summed E-state index contributed by atoms with van der Waals surface area (Å²) in [5, 5.41) is 11.0. The Labute approximate surface area is 131 Å². The van der Waals surface area contributed by atoms with Crippen molar-refractivity contribution in [3.05, 3.63) is 27.7 Å². The minimum absolute atomic E-state index is 0.0547. The van der Waals surface area contributed by atoms with Gasteiger partial charge >= 0.3 is 0 Å². The number of aliphatic hydroxyl groups excluding tert-OH is 1. The fourth-order valence-corrected chi connectivity index (χ4v) is 2.57. The van der Waals surface area contributed by atoms with Gasteiger partial charge in [-0.1, -0.05) is 37.0 Å². The lowest BCUT2D eigenvalue weighted by Crippen LogP contribution is -2.32. The van der Waals surface area contributed by atoms with E-state index in [-0.39, 0.29) is 12.0 Å². The highest BCUT2D eigenvalue weighted by molar-refractivity contribution is 6.35. The number of halogens is 2. The Kier molecular flexibility index (Phi) is 7.10. The molecule has 0 amide bonds. The molecule has 0 aliphatic heterocycles. The Hall–Kier alpha value is -0.480. The van der Waals surface area contributed by atoms with Crippen LogP contribution in [0.1, 0.15) is 45.1 Å². The second kappa shape index (κ2) is 8.08. The molecule has 0 aliphatic carbocycles. The molecule has 0 saturated carbocycles. The Morgan fingerprint density at radius 2 is 1.95 bits per heavy atom. The summed E-state index contributed by atoms with van der Waals surface area (Å²) in [7, 11) is 0. The summed E-state index contributed by atoms with van der Waals surface area (Å²) >= 11 is 12.3. The molecule has 0 spiro atoms. The van der Waals surface area contributed by atoms with Crippen LogP contribution in [-0.2, 0) is 0 Å². The van der Waals surface area contributed by atoms with Crippen LogP contribution in [0.4, 0.5) is 0 Å². The molecule has 1 aromatic rings. The van der Waals surface area contributed by atoms with Crippen molar-refractivity contribution in [1.82, 2.24) is 0 Å². The van der Waals surface area contributed by atoms with Crippen molar-refractivity contribution >= 4 is 23.2 Å². The minimum atomic E-state index is -0.568. The van der Waals surface area contributed by atoms with E-state index in [9.17, 15) is 5.11 Å². The second-order valence-corrected chi connectivity index (χ2v) is 6.06. The first kappa shape index (κ1) is 17.6. The van der Waals surface area contributed by atoms with Crippen LogP contribution < -0.4 is 10.5 Å². The molecule has 1 aromatic carbocycles. The van der Waals surface area contributed by atoms with Gasteiger partial charge in [-0.3, -0.25) is 0 Å². The maximum absolute atomic E-state index is 9.93. The summed E-state index contributed by atoms with van der Waals surface area (Å²) < 4.78 is 5.73. The van der Waals surface area contributed by atoms with Crippen LogP contribution in [0.3, 0.4) is 0 Å². The van der Waals surface area contributed by atoms with E-state index in [1.165, 1.54) is 0 Å². The summed E-state index contributed by atoms with van der Waals surface area (Å²) in [5.41, 5.74) is 6.62. The van der Waals surface area contributed by atoms with E-state index in [4.69, 9.17) is 33.7 Å². The van der Waals surface area contributed by atoms with E-state index in [1.807, 2.05) is 19.9 Å². The quantitative estimate of drug-likeness (QED) is 0.799. The third-order valence-corrected chi connectivity index (χ3v) is 3.72. The SMILES string of the molecule is CCCOc1c(Cl)cc(Cl)cc1C(C)CC(O)C(C)N. The normalized spacial score (nSPS) is 15.8. The van der Waals surface area contributed by atoms with Crippen LogP contribution in [0.5, 0.6) is 5.75 Å². The molecule has 3 atom stereocenters. The summed E-state index contributed by atoms with van der Waals surface area (Å²) in [6.07, 6.45) is 0.869. The van der Waals surface area contributed by atoms with E-state index in [0.717, 1.165) is 12.0 Å². The molecule has 0 bridgehead atoms. The monoisotopic (exact) mass is 319 g/mol. The van der Waals surface area contributed by atoms with Crippen molar-refractivity contribution in [2.24, 2.45) is 5.73 Å². The number of rotatable bonds is 7. The third-order valence-electron chi connectivity index (χ3n) is 3.22. The van der Waals surface area contributed by atoms with Crippen LogP contribution >= 0.6 is 23.2 Å². The molecule has 0 aromatic heterocycles. The predicted octanol–water partition coefficient (Wildman–Crippen LogP) is 3.98. The average Bonchev–Trinajstić information content (AvgIpc) is 2.36. The molecule has 0 heterocycles. The van der Waals surface area contributed by atoms with Gasteiger partial charge in [-0.25, -0.2) is 0 Å². The zero-order valence-corrected chi connectivity index (χ0v) is 13.7. The Morgan fingerprint density at radius 1 is 1.30 bits per heavy atom. The van der Waals surface area contributed by atoms with Crippen molar-refractivity contribution in [1.29, 1.82) is 0 Å². The molecule has 0 fully saturated rings. The van der Waals surface area contributed by atoms with E-state index < -0.39 is 6.10 Å². The van der Waals surface area contributed by atoms with Crippen molar-refractivity contribution in [3.63, 3.8) is 0 Å². The molecule has 3 N–H and O–H groups in total. The van der Waals surface area contributed by atoms with Crippen molar-refractivity contribution in [2.75, 3.05) is 6.61 Å². The van der Waals surface area contributed by atoms with E-state index in [0.29, 0.717) is 28.8 Å². The fourth-order valence-electron chi connectivity index (χ4n) is 2.01. The fraction of sp³-hybridized carbons (Fsp3) is 0.600. The molecular weight excluding hydrogens is 297 g/mol. The molecule has 0 radical (unpaired) electrons. The lowest BCUT2D eigenvalue weighted by Gasteiger charge is -2.22. The standard InChI is InChI=1S/C15H23Cl2NO2/c1-4-5-20-15-12(7-11(16)8-13(15)17)9(2)6-14(19)10(3)18/h7-10,14,19H,4-6,18H2,1-3H3. The van der Waals surface area contributed by atoms with Gasteiger partial charge in [-0.2, -0.15) is 0 Å².